The SMILES string of the molecule is C=C(C)C(=O)Oc1ccc(-c2ccc(OCCCCCCOP(C)(=NC)OCCCCCC3CC[C@@]4(C)C(CC[C@@]5(C)C6CCCC6CCC45)C3)cc2)cc1. The van der Waals surface area contributed by atoms with Crippen molar-refractivity contribution in [2.24, 2.45) is 45.2 Å². The molecule has 6 unspecified atom stereocenters. The highest BCUT2D eigenvalue weighted by Crippen LogP contribution is 2.69. The van der Waals surface area contributed by atoms with E-state index in [2.05, 4.69) is 44.0 Å². The minimum atomic E-state index is -2.14. The van der Waals surface area contributed by atoms with E-state index in [0.717, 1.165) is 85.2 Å². The van der Waals surface area contributed by atoms with Crippen molar-refractivity contribution in [1.82, 2.24) is 0 Å². The zero-order chi connectivity index (χ0) is 38.9. The molecule has 6 nitrogen and oxygen atoms in total. The first-order valence-corrected chi connectivity index (χ1v) is 24.0. The van der Waals surface area contributed by atoms with Gasteiger partial charge in [-0.15, -0.1) is 0 Å². The second-order valence-corrected chi connectivity index (χ2v) is 20.8. The van der Waals surface area contributed by atoms with Crippen LogP contribution in [0.1, 0.15) is 136 Å². The van der Waals surface area contributed by atoms with Gasteiger partial charge in [0.1, 0.15) is 11.5 Å². The minimum absolute atomic E-state index is 0.379. The van der Waals surface area contributed by atoms with Gasteiger partial charge >= 0.3 is 5.97 Å². The molecule has 0 spiro atoms. The van der Waals surface area contributed by atoms with Gasteiger partial charge in [0.05, 0.1) is 19.8 Å². The Balaban J connectivity index is 0.787. The molecule has 0 aromatic heterocycles. The van der Waals surface area contributed by atoms with Gasteiger partial charge in [0.25, 0.3) is 0 Å². The van der Waals surface area contributed by atoms with Crippen molar-refractivity contribution in [3.05, 3.63) is 60.7 Å². The van der Waals surface area contributed by atoms with Crippen molar-refractivity contribution in [3.8, 4) is 22.6 Å². The number of benzene rings is 2. The Morgan fingerprint density at radius 1 is 0.764 bits per heavy atom. The second kappa shape index (κ2) is 19.4. The van der Waals surface area contributed by atoms with Gasteiger partial charge in [-0.2, -0.15) is 0 Å². The monoisotopic (exact) mass is 774 g/mol. The number of rotatable bonds is 19. The third-order valence-corrected chi connectivity index (χ3v) is 16.8. The molecular weight excluding hydrogens is 702 g/mol. The van der Waals surface area contributed by atoms with Crippen molar-refractivity contribution in [1.29, 1.82) is 0 Å². The Labute approximate surface area is 334 Å². The molecule has 304 valence electrons. The lowest BCUT2D eigenvalue weighted by Gasteiger charge is -2.64. The maximum absolute atomic E-state index is 11.7. The van der Waals surface area contributed by atoms with Crippen LogP contribution < -0.4 is 9.47 Å². The number of fused-ring (bicyclic) bond motifs is 5. The third kappa shape index (κ3) is 10.6. The first-order chi connectivity index (χ1) is 26.5. The van der Waals surface area contributed by atoms with Gasteiger partial charge in [0.15, 0.2) is 0 Å². The van der Waals surface area contributed by atoms with Crippen molar-refractivity contribution in [2.45, 2.75) is 136 Å². The minimum Gasteiger partial charge on any atom is -0.494 e. The van der Waals surface area contributed by atoms with Crippen LogP contribution in [0.4, 0.5) is 0 Å². The highest BCUT2D eigenvalue weighted by molar-refractivity contribution is 7.55. The van der Waals surface area contributed by atoms with Crippen LogP contribution in [0.15, 0.2) is 65.4 Å². The van der Waals surface area contributed by atoms with Crippen LogP contribution in [0, 0.1) is 40.4 Å². The molecule has 55 heavy (non-hydrogen) atoms. The Bertz CT molecular complexity index is 1600. The van der Waals surface area contributed by atoms with Crippen LogP contribution in [-0.4, -0.2) is 39.5 Å². The number of hydrogen-bond donors (Lipinski definition) is 0. The maximum Gasteiger partial charge on any atom is 0.338 e. The molecule has 0 radical (unpaired) electrons. The van der Waals surface area contributed by atoms with Crippen molar-refractivity contribution < 1.29 is 23.3 Å². The maximum atomic E-state index is 11.7. The molecule has 0 aliphatic heterocycles. The second-order valence-electron chi connectivity index (χ2n) is 18.3. The Morgan fingerprint density at radius 2 is 1.38 bits per heavy atom. The van der Waals surface area contributed by atoms with Gasteiger partial charge in [-0.3, -0.25) is 4.74 Å². The molecule has 4 saturated carbocycles. The van der Waals surface area contributed by atoms with E-state index in [9.17, 15) is 4.79 Å². The average molecular weight is 774 g/mol. The summed E-state index contributed by atoms with van der Waals surface area (Å²) in [6, 6.07) is 15.6. The molecule has 7 heteroatoms. The first-order valence-electron chi connectivity index (χ1n) is 22.0. The van der Waals surface area contributed by atoms with E-state index >= 15 is 0 Å². The van der Waals surface area contributed by atoms with E-state index in [4.69, 9.17) is 18.5 Å². The van der Waals surface area contributed by atoms with E-state index in [1.54, 1.807) is 19.1 Å². The summed E-state index contributed by atoms with van der Waals surface area (Å²) in [6.45, 7) is 15.0. The molecule has 4 aliphatic rings. The number of carbonyl (C=O) groups is 1. The molecule has 4 fully saturated rings. The first kappa shape index (κ1) is 42.2. The standard InChI is InChI=1S/C48H72NO5P/c1-36(2)46(50)54-43-25-20-39(21-26-43)38-18-23-42(24-19-38)51-32-11-7-8-12-33-52-55(6,49-5)53-34-13-9-10-15-37-28-30-47(3)41(35-37)29-31-48(4)44-17-14-16-40(44)22-27-45(47)48/h18-21,23-26,37,40-41,44-45H,1,7-17,22,27-35H2,2-6H3/t37?,40?,41?,44?,45?,47-,48-,55?/m0/s1. The molecule has 2 aromatic carbocycles. The molecule has 0 bridgehead atoms. The lowest BCUT2D eigenvalue weighted by molar-refractivity contribution is -0.145. The number of hydrogen-bond acceptors (Lipinski definition) is 6. The number of carbonyl (C=O) groups excluding carboxylic acids is 1. The lowest BCUT2D eigenvalue weighted by atomic mass is 9.41. The van der Waals surface area contributed by atoms with E-state index < -0.39 is 13.5 Å². The summed E-state index contributed by atoms with van der Waals surface area (Å²) in [5.41, 5.74) is 3.75. The molecule has 0 heterocycles. The van der Waals surface area contributed by atoms with Crippen LogP contribution >= 0.6 is 7.51 Å². The fourth-order valence-corrected chi connectivity index (χ4v) is 12.8. The molecular formula is C48H72NO5P. The molecule has 4 aliphatic carbocycles. The van der Waals surface area contributed by atoms with Gasteiger partial charge < -0.3 is 18.5 Å². The van der Waals surface area contributed by atoms with Crippen molar-refractivity contribution >= 4 is 13.5 Å². The van der Waals surface area contributed by atoms with Gasteiger partial charge in [-0.1, -0.05) is 83.2 Å². The summed E-state index contributed by atoms with van der Waals surface area (Å²) in [6.07, 6.45) is 24.4. The van der Waals surface area contributed by atoms with Gasteiger partial charge in [-0.05, 0) is 160 Å². The van der Waals surface area contributed by atoms with Gasteiger partial charge in [0, 0.05) is 19.3 Å². The van der Waals surface area contributed by atoms with E-state index in [1.807, 2.05) is 31.3 Å². The zero-order valence-corrected chi connectivity index (χ0v) is 35.9. The molecule has 0 amide bonds. The number of unbranched alkanes of at least 4 members (excludes halogenated alkanes) is 5. The topological polar surface area (TPSA) is 66.4 Å². The summed E-state index contributed by atoms with van der Waals surface area (Å²) in [5, 5.41) is 0. The van der Waals surface area contributed by atoms with Crippen LogP contribution in [0.2, 0.25) is 0 Å². The molecule has 0 saturated heterocycles. The summed E-state index contributed by atoms with van der Waals surface area (Å²) < 4.78 is 28.4. The third-order valence-electron chi connectivity index (χ3n) is 14.8. The van der Waals surface area contributed by atoms with Crippen molar-refractivity contribution in [2.75, 3.05) is 33.5 Å². The van der Waals surface area contributed by atoms with Crippen LogP contribution in [0.3, 0.4) is 0 Å². The fourth-order valence-electron chi connectivity index (χ4n) is 11.6. The van der Waals surface area contributed by atoms with Crippen LogP contribution in [-0.2, 0) is 13.8 Å². The van der Waals surface area contributed by atoms with E-state index in [1.165, 1.54) is 83.5 Å². The number of esters is 1. The number of nitrogens with zero attached hydrogens (tertiary/aromatic N) is 1. The normalized spacial score (nSPS) is 29.7. The number of ether oxygens (including phenoxy) is 2. The average Bonchev–Trinajstić information content (AvgIpc) is 3.68. The van der Waals surface area contributed by atoms with Crippen LogP contribution in [0.5, 0.6) is 11.5 Å². The van der Waals surface area contributed by atoms with Gasteiger partial charge in [-0.25, -0.2) is 4.79 Å². The summed E-state index contributed by atoms with van der Waals surface area (Å²) in [4.78, 5) is 11.7. The molecule has 2 aromatic rings. The largest absolute Gasteiger partial charge is 0.494 e. The quantitative estimate of drug-likeness (QED) is 0.0468. The lowest BCUT2D eigenvalue weighted by Crippen LogP contribution is -2.56. The zero-order valence-electron chi connectivity index (χ0n) is 35.0. The highest BCUT2D eigenvalue weighted by atomic mass is 31.2. The molecule has 0 N–H and O–H groups in total. The smallest absolute Gasteiger partial charge is 0.338 e. The van der Waals surface area contributed by atoms with Gasteiger partial charge in [0.2, 0.25) is 7.51 Å². The molecule has 8 atom stereocenters. The summed E-state index contributed by atoms with van der Waals surface area (Å²) in [7, 11) is -0.287. The Hall–Kier alpha value is -2.40. The predicted molar refractivity (Wildman–Crippen MR) is 228 cm³/mol. The van der Waals surface area contributed by atoms with E-state index in [-0.39, 0.29) is 0 Å². The summed E-state index contributed by atoms with van der Waals surface area (Å²) >= 11 is 0. The van der Waals surface area contributed by atoms with Crippen molar-refractivity contribution in [3.63, 3.8) is 0 Å². The fraction of sp³-hybridized carbons (Fsp3) is 0.688. The summed E-state index contributed by atoms with van der Waals surface area (Å²) in [5.74, 6) is 5.95. The Morgan fingerprint density at radius 3 is 2.04 bits per heavy atom. The molecule has 6 rings (SSSR count). The van der Waals surface area contributed by atoms with Crippen LogP contribution in [0.25, 0.3) is 11.1 Å². The Kier molecular flexibility index (Phi) is 14.9. The highest BCUT2D eigenvalue weighted by Gasteiger charge is 2.60. The van der Waals surface area contributed by atoms with E-state index in [0.29, 0.717) is 35.4 Å². The predicted octanol–water partition coefficient (Wildman–Crippen LogP) is 13.7.